The van der Waals surface area contributed by atoms with Gasteiger partial charge in [0.1, 0.15) is 5.56 Å². The third-order valence-electron chi connectivity index (χ3n) is 8.31. The van der Waals surface area contributed by atoms with Crippen molar-refractivity contribution in [1.82, 2.24) is 8.97 Å². The average molecular weight is 528 g/mol. The number of aromatic nitrogens is 2. The average Bonchev–Trinajstić information content (AvgIpc) is 3.54. The van der Waals surface area contributed by atoms with Crippen LogP contribution in [0.1, 0.15) is 38.3 Å². The molecule has 7 heteroatoms. The van der Waals surface area contributed by atoms with Crippen molar-refractivity contribution in [2.24, 2.45) is 7.05 Å². The summed E-state index contributed by atoms with van der Waals surface area (Å²) >= 11 is 0. The third-order valence-corrected chi connectivity index (χ3v) is 8.31. The first-order chi connectivity index (χ1) is 19.4. The van der Waals surface area contributed by atoms with Crippen LogP contribution in [0.5, 0.6) is 0 Å². The van der Waals surface area contributed by atoms with E-state index in [2.05, 4.69) is 8.97 Å². The number of fused-ring (bicyclic) bond motifs is 3. The quantitative estimate of drug-likeness (QED) is 0.139. The summed E-state index contributed by atoms with van der Waals surface area (Å²) < 4.78 is 10.8. The highest BCUT2D eigenvalue weighted by Crippen LogP contribution is 2.55. The SMILES string of the molecule is Cc1c(C)c2ccccn2c1C1(c2c(-c3ccccc3)n(C)c3ccccc23)OC(=O)c2c([N+](=O)[O-])cccc21. The fourth-order valence-electron chi connectivity index (χ4n) is 6.54. The molecule has 0 aliphatic carbocycles. The van der Waals surface area contributed by atoms with Gasteiger partial charge in [-0.2, -0.15) is 0 Å². The lowest BCUT2D eigenvalue weighted by Gasteiger charge is -2.32. The highest BCUT2D eigenvalue weighted by Gasteiger charge is 2.56. The molecule has 3 aromatic heterocycles. The number of nitrogens with zero attached hydrogens (tertiary/aromatic N) is 3. The van der Waals surface area contributed by atoms with Gasteiger partial charge in [0.15, 0.2) is 0 Å². The zero-order valence-corrected chi connectivity index (χ0v) is 22.2. The molecule has 0 saturated heterocycles. The molecule has 4 heterocycles. The number of pyridine rings is 1. The van der Waals surface area contributed by atoms with Crippen LogP contribution < -0.4 is 0 Å². The van der Waals surface area contributed by atoms with Gasteiger partial charge in [-0.15, -0.1) is 0 Å². The molecular weight excluding hydrogens is 502 g/mol. The molecule has 0 saturated carbocycles. The fraction of sp³-hybridized carbons (Fsp3) is 0.121. The number of rotatable bonds is 4. The molecule has 7 nitrogen and oxygen atoms in total. The Balaban J connectivity index is 1.76. The first-order valence-corrected chi connectivity index (χ1v) is 13.1. The molecule has 1 aliphatic heterocycles. The lowest BCUT2D eigenvalue weighted by atomic mass is 9.78. The zero-order chi connectivity index (χ0) is 27.8. The number of ether oxygens (including phenoxy) is 1. The Labute approximate surface area is 230 Å². The van der Waals surface area contributed by atoms with Crippen molar-refractivity contribution in [2.75, 3.05) is 0 Å². The van der Waals surface area contributed by atoms with E-state index in [0.717, 1.165) is 50.1 Å². The maximum Gasteiger partial charge on any atom is 0.347 e. The van der Waals surface area contributed by atoms with Crippen molar-refractivity contribution >= 4 is 28.1 Å². The van der Waals surface area contributed by atoms with Gasteiger partial charge in [0.2, 0.25) is 5.60 Å². The molecule has 40 heavy (non-hydrogen) atoms. The molecule has 0 amide bonds. The molecule has 0 N–H and O–H groups in total. The number of hydrogen-bond acceptors (Lipinski definition) is 4. The van der Waals surface area contributed by atoms with E-state index in [-0.39, 0.29) is 11.3 Å². The van der Waals surface area contributed by atoms with E-state index in [9.17, 15) is 14.9 Å². The summed E-state index contributed by atoms with van der Waals surface area (Å²) in [6.07, 6.45) is 1.96. The van der Waals surface area contributed by atoms with Crippen molar-refractivity contribution in [1.29, 1.82) is 0 Å². The molecule has 0 fully saturated rings. The number of hydrogen-bond donors (Lipinski definition) is 0. The van der Waals surface area contributed by atoms with E-state index in [1.54, 1.807) is 12.1 Å². The number of aryl methyl sites for hydroxylation is 2. The number of benzene rings is 3. The summed E-state index contributed by atoms with van der Waals surface area (Å²) in [5.74, 6) is -0.711. The first kappa shape index (κ1) is 23.9. The lowest BCUT2D eigenvalue weighted by Crippen LogP contribution is -2.32. The normalized spacial score (nSPS) is 16.4. The molecule has 1 atom stereocenters. The van der Waals surface area contributed by atoms with Gasteiger partial charge in [0.25, 0.3) is 5.69 Å². The second-order valence-corrected chi connectivity index (χ2v) is 10.2. The number of para-hydroxylation sites is 1. The van der Waals surface area contributed by atoms with Gasteiger partial charge < -0.3 is 13.7 Å². The second-order valence-electron chi connectivity index (χ2n) is 10.2. The van der Waals surface area contributed by atoms with Gasteiger partial charge >= 0.3 is 5.97 Å². The Morgan fingerprint density at radius 1 is 0.825 bits per heavy atom. The number of cyclic esters (lactones) is 1. The summed E-state index contributed by atoms with van der Waals surface area (Å²) in [6.45, 7) is 4.07. The van der Waals surface area contributed by atoms with Crippen LogP contribution in [0.2, 0.25) is 0 Å². The van der Waals surface area contributed by atoms with Gasteiger partial charge in [0, 0.05) is 46.9 Å². The molecule has 1 aliphatic rings. The van der Waals surface area contributed by atoms with Crippen molar-refractivity contribution in [3.05, 3.63) is 141 Å². The van der Waals surface area contributed by atoms with Crippen LogP contribution in [-0.2, 0) is 17.4 Å². The molecular formula is C33H25N3O4. The maximum atomic E-state index is 13.9. The zero-order valence-electron chi connectivity index (χ0n) is 22.2. The summed E-state index contributed by atoms with van der Waals surface area (Å²) in [4.78, 5) is 25.5. The second kappa shape index (κ2) is 8.41. The minimum atomic E-state index is -1.47. The van der Waals surface area contributed by atoms with E-state index in [1.165, 1.54) is 6.07 Å². The smallest absolute Gasteiger partial charge is 0.347 e. The monoisotopic (exact) mass is 527 g/mol. The molecule has 0 spiro atoms. The Morgan fingerprint density at radius 3 is 2.30 bits per heavy atom. The maximum absolute atomic E-state index is 13.9. The molecule has 1 unspecified atom stereocenters. The van der Waals surface area contributed by atoms with Crippen LogP contribution >= 0.6 is 0 Å². The molecule has 6 aromatic rings. The van der Waals surface area contributed by atoms with Crippen molar-refractivity contribution < 1.29 is 14.5 Å². The first-order valence-electron chi connectivity index (χ1n) is 13.1. The third kappa shape index (κ3) is 2.97. The number of carbonyl (C=O) groups excluding carboxylic acids is 1. The number of carbonyl (C=O) groups is 1. The Bertz CT molecular complexity index is 2020. The van der Waals surface area contributed by atoms with E-state index < -0.39 is 16.5 Å². The van der Waals surface area contributed by atoms with E-state index >= 15 is 0 Å². The largest absolute Gasteiger partial charge is 0.439 e. The van der Waals surface area contributed by atoms with Crippen LogP contribution in [0.3, 0.4) is 0 Å². The number of esters is 1. The highest BCUT2D eigenvalue weighted by molar-refractivity contribution is 6.03. The van der Waals surface area contributed by atoms with Gasteiger partial charge in [0.05, 0.1) is 16.3 Å². The highest BCUT2D eigenvalue weighted by atomic mass is 16.6. The summed E-state index contributed by atoms with van der Waals surface area (Å²) in [6, 6.07) is 28.7. The summed E-state index contributed by atoms with van der Waals surface area (Å²) in [7, 11) is 2.00. The van der Waals surface area contributed by atoms with Gasteiger partial charge in [-0.1, -0.05) is 66.7 Å². The molecule has 0 bridgehead atoms. The lowest BCUT2D eigenvalue weighted by molar-refractivity contribution is -0.385. The minimum absolute atomic E-state index is 0.0117. The van der Waals surface area contributed by atoms with Crippen LogP contribution in [0.25, 0.3) is 27.7 Å². The topological polar surface area (TPSA) is 78.8 Å². The predicted molar refractivity (Wildman–Crippen MR) is 154 cm³/mol. The van der Waals surface area contributed by atoms with Gasteiger partial charge in [-0.25, -0.2) is 4.79 Å². The molecule has 7 rings (SSSR count). The summed E-state index contributed by atoms with van der Waals surface area (Å²) in [5.41, 5.74) is 6.00. The Morgan fingerprint density at radius 2 is 1.52 bits per heavy atom. The molecule has 196 valence electrons. The van der Waals surface area contributed by atoms with Crippen LogP contribution in [0.4, 0.5) is 5.69 Å². The van der Waals surface area contributed by atoms with Crippen LogP contribution in [0, 0.1) is 24.0 Å². The van der Waals surface area contributed by atoms with Crippen molar-refractivity contribution in [3.63, 3.8) is 0 Å². The van der Waals surface area contributed by atoms with E-state index in [1.807, 2.05) is 99.9 Å². The Kier molecular flexibility index (Phi) is 5.03. The van der Waals surface area contributed by atoms with Crippen molar-refractivity contribution in [3.8, 4) is 11.3 Å². The number of nitro groups is 1. The Hall–Kier alpha value is -5.17. The minimum Gasteiger partial charge on any atom is -0.439 e. The van der Waals surface area contributed by atoms with E-state index in [0.29, 0.717) is 5.56 Å². The van der Waals surface area contributed by atoms with Gasteiger partial charge in [-0.05, 0) is 48.7 Å². The predicted octanol–water partition coefficient (Wildman–Crippen LogP) is 7.09. The summed E-state index contributed by atoms with van der Waals surface area (Å²) in [5, 5.41) is 13.1. The van der Waals surface area contributed by atoms with E-state index in [4.69, 9.17) is 4.74 Å². The van der Waals surface area contributed by atoms with Crippen LogP contribution in [0.15, 0.2) is 97.2 Å². The van der Waals surface area contributed by atoms with Crippen molar-refractivity contribution in [2.45, 2.75) is 19.4 Å². The molecule has 3 aromatic carbocycles. The van der Waals surface area contributed by atoms with Gasteiger partial charge in [-0.3, -0.25) is 10.1 Å². The van der Waals surface area contributed by atoms with Crippen LogP contribution in [-0.4, -0.2) is 19.9 Å². The standard InChI is InChI=1S/C33H25N3O4/c1-20-21(2)31(35-19-10-9-16-25(20)35)33(24-15-11-18-27(36(38)39)28(24)32(37)40-33)29-23-14-7-8-17-26(23)34(3)30(29)22-12-5-4-6-13-22/h4-19H,1-3H3. The number of nitro benzene ring substituents is 1. The molecule has 0 radical (unpaired) electrons. The fourth-order valence-corrected chi connectivity index (χ4v) is 6.54.